The number of nitrogens with zero attached hydrogens (tertiary/aromatic N) is 2. The third-order valence-electron chi connectivity index (χ3n) is 1.21. The predicted octanol–water partition coefficient (Wildman–Crippen LogP) is 3.29. The Balaban J connectivity index is 2.73. The molecule has 0 aromatic heterocycles. The summed E-state index contributed by atoms with van der Waals surface area (Å²) in [5.74, 6) is -0.156. The van der Waals surface area contributed by atoms with Gasteiger partial charge >= 0.3 is 0 Å². The Morgan fingerprint density at radius 2 is 2.14 bits per heavy atom. The molecule has 0 fully saturated rings. The van der Waals surface area contributed by atoms with E-state index in [0.717, 1.165) is 0 Å². The highest BCUT2D eigenvalue weighted by atomic mass is 35.5. The van der Waals surface area contributed by atoms with Crippen LogP contribution in [-0.2, 0) is 4.79 Å². The van der Waals surface area contributed by atoms with Crippen molar-refractivity contribution in [2.24, 2.45) is 10.4 Å². The summed E-state index contributed by atoms with van der Waals surface area (Å²) in [6.45, 7) is 1.26. The second kappa shape index (κ2) is 4.93. The summed E-state index contributed by atoms with van der Waals surface area (Å²) in [5.41, 5.74) is 0. The van der Waals surface area contributed by atoms with Gasteiger partial charge in [-0.25, -0.2) is 0 Å². The third-order valence-corrected chi connectivity index (χ3v) is 1.75. The van der Waals surface area contributed by atoms with Crippen molar-refractivity contribution in [1.29, 1.82) is 0 Å². The molecule has 0 N–H and O–H groups in total. The first-order chi connectivity index (χ1) is 6.59. The predicted molar refractivity (Wildman–Crippen MR) is 52.6 cm³/mol. The Labute approximate surface area is 90.4 Å². The first kappa shape index (κ1) is 10.9. The van der Waals surface area contributed by atoms with Crippen molar-refractivity contribution in [3.05, 3.63) is 28.2 Å². The van der Waals surface area contributed by atoms with Crippen molar-refractivity contribution in [2.75, 3.05) is 0 Å². The molecule has 1 rings (SSSR count). The molecule has 0 bridgehead atoms. The Morgan fingerprint density at radius 3 is 2.71 bits per heavy atom. The van der Waals surface area contributed by atoms with Crippen LogP contribution in [0.2, 0.25) is 10.0 Å². The van der Waals surface area contributed by atoms with Gasteiger partial charge in [-0.2, -0.15) is 0 Å². The summed E-state index contributed by atoms with van der Waals surface area (Å²) in [7, 11) is 0. The Kier molecular flexibility index (Phi) is 3.85. The molecule has 0 aliphatic heterocycles. The van der Waals surface area contributed by atoms with E-state index in [4.69, 9.17) is 28.0 Å². The van der Waals surface area contributed by atoms with E-state index in [-0.39, 0.29) is 0 Å². The lowest BCUT2D eigenvalue weighted by atomic mass is 10.3. The van der Waals surface area contributed by atoms with Gasteiger partial charge in [-0.15, -0.1) is 0 Å². The van der Waals surface area contributed by atoms with Crippen LogP contribution in [0.1, 0.15) is 6.92 Å². The number of amides is 1. The van der Waals surface area contributed by atoms with Gasteiger partial charge in [0.05, 0.1) is 5.02 Å². The zero-order valence-corrected chi connectivity index (χ0v) is 8.71. The number of rotatable bonds is 2. The summed E-state index contributed by atoms with van der Waals surface area (Å²) in [6.07, 6.45) is 0. The van der Waals surface area contributed by atoms with E-state index >= 15 is 0 Å². The fourth-order valence-corrected chi connectivity index (χ4v) is 1.11. The molecule has 14 heavy (non-hydrogen) atoms. The van der Waals surface area contributed by atoms with Crippen LogP contribution in [0.25, 0.3) is 0 Å². The quantitative estimate of drug-likeness (QED) is 0.581. The van der Waals surface area contributed by atoms with Crippen LogP contribution in [0.4, 0.5) is 0 Å². The van der Waals surface area contributed by atoms with E-state index in [9.17, 15) is 4.79 Å². The van der Waals surface area contributed by atoms with E-state index in [0.29, 0.717) is 15.8 Å². The summed E-state index contributed by atoms with van der Waals surface area (Å²) in [4.78, 5) is 15.1. The first-order valence-electron chi connectivity index (χ1n) is 3.63. The molecular formula is C8H6Cl2N2O2. The van der Waals surface area contributed by atoms with Gasteiger partial charge in [-0.1, -0.05) is 28.3 Å². The van der Waals surface area contributed by atoms with Gasteiger partial charge in [-0.3, -0.25) is 4.79 Å². The molecule has 74 valence electrons. The molecule has 1 aromatic carbocycles. The lowest BCUT2D eigenvalue weighted by Gasteiger charge is -1.99. The van der Waals surface area contributed by atoms with Gasteiger partial charge in [-0.05, 0) is 18.2 Å². The van der Waals surface area contributed by atoms with Gasteiger partial charge in [0.2, 0.25) is 0 Å². The average Bonchev–Trinajstić information content (AvgIpc) is 2.08. The fraction of sp³-hybridized carbons (Fsp3) is 0.125. The van der Waals surface area contributed by atoms with Crippen LogP contribution in [0.3, 0.4) is 0 Å². The minimum atomic E-state index is -0.449. The van der Waals surface area contributed by atoms with E-state index in [2.05, 4.69) is 10.4 Å². The maximum atomic E-state index is 10.4. The van der Waals surface area contributed by atoms with Crippen molar-refractivity contribution in [3.8, 4) is 5.75 Å². The highest BCUT2D eigenvalue weighted by Crippen LogP contribution is 2.27. The van der Waals surface area contributed by atoms with Gasteiger partial charge in [0.15, 0.2) is 5.75 Å². The van der Waals surface area contributed by atoms with Crippen LogP contribution in [0.15, 0.2) is 28.6 Å². The lowest BCUT2D eigenvalue weighted by molar-refractivity contribution is -0.116. The van der Waals surface area contributed by atoms with Gasteiger partial charge in [0.25, 0.3) is 5.91 Å². The number of halogens is 2. The third kappa shape index (κ3) is 3.32. The molecule has 1 amide bonds. The fourth-order valence-electron chi connectivity index (χ4n) is 0.671. The number of hydrogen-bond acceptors (Lipinski definition) is 3. The number of carbonyl (C=O) groups is 1. The standard InChI is InChI=1S/C8H6Cl2N2O2/c1-5(13)11-12-14-8-3-2-6(9)4-7(8)10/h2-4H,1H3. The van der Waals surface area contributed by atoms with Crippen LogP contribution in [-0.4, -0.2) is 5.91 Å². The highest BCUT2D eigenvalue weighted by Gasteiger charge is 2.01. The summed E-state index contributed by atoms with van der Waals surface area (Å²) in [5, 5.41) is 7.13. The Morgan fingerprint density at radius 1 is 1.43 bits per heavy atom. The highest BCUT2D eigenvalue weighted by molar-refractivity contribution is 6.35. The van der Waals surface area contributed by atoms with Crippen molar-refractivity contribution in [3.63, 3.8) is 0 Å². The van der Waals surface area contributed by atoms with E-state index < -0.39 is 5.91 Å². The lowest BCUT2D eigenvalue weighted by Crippen LogP contribution is -1.86. The normalized spacial score (nSPS) is 10.5. The molecule has 0 radical (unpaired) electrons. The second-order valence-electron chi connectivity index (χ2n) is 2.37. The Bertz CT molecular complexity index is 380. The first-order valence-corrected chi connectivity index (χ1v) is 4.39. The van der Waals surface area contributed by atoms with Gasteiger partial charge in [0, 0.05) is 17.2 Å². The number of carbonyl (C=O) groups excluding carboxylic acids is 1. The van der Waals surface area contributed by atoms with Crippen molar-refractivity contribution in [1.82, 2.24) is 0 Å². The molecule has 0 atom stereocenters. The average molecular weight is 233 g/mol. The van der Waals surface area contributed by atoms with Crippen LogP contribution >= 0.6 is 23.2 Å². The molecule has 0 saturated carbocycles. The van der Waals surface area contributed by atoms with Gasteiger partial charge < -0.3 is 4.84 Å². The second-order valence-corrected chi connectivity index (χ2v) is 3.21. The van der Waals surface area contributed by atoms with Crippen molar-refractivity contribution in [2.45, 2.75) is 6.92 Å². The summed E-state index contributed by atoms with van der Waals surface area (Å²) in [6, 6.07) is 4.62. The molecule has 4 nitrogen and oxygen atoms in total. The molecule has 0 aliphatic rings. The van der Waals surface area contributed by atoms with E-state index in [1.54, 1.807) is 6.07 Å². The topological polar surface area (TPSA) is 51.0 Å². The molecule has 0 aliphatic carbocycles. The SMILES string of the molecule is CC(=O)N=NOc1ccc(Cl)cc1Cl. The van der Waals surface area contributed by atoms with Crippen molar-refractivity contribution >= 4 is 29.1 Å². The molecule has 0 unspecified atom stereocenters. The maximum absolute atomic E-state index is 10.4. The smallest absolute Gasteiger partial charge is 0.264 e. The largest absolute Gasteiger partial charge is 0.338 e. The van der Waals surface area contributed by atoms with Gasteiger partial charge in [0.1, 0.15) is 0 Å². The zero-order valence-electron chi connectivity index (χ0n) is 7.20. The van der Waals surface area contributed by atoms with E-state index in [1.807, 2.05) is 0 Å². The molecule has 0 spiro atoms. The van der Waals surface area contributed by atoms with Crippen LogP contribution < -0.4 is 4.84 Å². The summed E-state index contributed by atoms with van der Waals surface area (Å²) >= 11 is 11.4. The molecule has 1 aromatic rings. The monoisotopic (exact) mass is 232 g/mol. The summed E-state index contributed by atoms with van der Waals surface area (Å²) < 4.78 is 0. The number of hydrogen-bond donors (Lipinski definition) is 0. The van der Waals surface area contributed by atoms with Crippen molar-refractivity contribution < 1.29 is 9.63 Å². The van der Waals surface area contributed by atoms with E-state index in [1.165, 1.54) is 19.1 Å². The molecular weight excluding hydrogens is 227 g/mol. The van der Waals surface area contributed by atoms with Crippen LogP contribution in [0.5, 0.6) is 5.75 Å². The molecule has 6 heteroatoms. The minimum absolute atomic E-state index is 0.293. The number of benzene rings is 1. The van der Waals surface area contributed by atoms with Crippen LogP contribution in [0, 0.1) is 0 Å². The molecule has 0 saturated heterocycles. The maximum Gasteiger partial charge on any atom is 0.264 e. The minimum Gasteiger partial charge on any atom is -0.338 e. The molecule has 0 heterocycles. The Hall–Kier alpha value is -1.13. The zero-order chi connectivity index (χ0) is 10.6.